The largest absolute Gasteiger partial charge is 0.0630 e. The topological polar surface area (TPSA) is 0 Å². The average Bonchev–Trinajstić information content (AvgIpc) is 4.22. The van der Waals surface area contributed by atoms with Gasteiger partial charge in [0.05, 0.1) is 0 Å². The fourth-order valence-electron chi connectivity index (χ4n) is 16.4. The lowest BCUT2D eigenvalue weighted by Crippen LogP contribution is -2.31. The van der Waals surface area contributed by atoms with Gasteiger partial charge in [-0.1, -0.05) is 285 Å². The van der Waals surface area contributed by atoms with Crippen molar-refractivity contribution in [1.29, 1.82) is 0 Å². The zero-order valence-corrected chi connectivity index (χ0v) is 59.1. The summed E-state index contributed by atoms with van der Waals surface area (Å²) in [5.41, 5.74) is 5.33. The van der Waals surface area contributed by atoms with Gasteiger partial charge in [-0.15, -0.1) is 0 Å². The van der Waals surface area contributed by atoms with Crippen molar-refractivity contribution in [2.45, 2.75) is 439 Å². The zero-order chi connectivity index (χ0) is 59.1. The van der Waals surface area contributed by atoms with Crippen LogP contribution in [0.25, 0.3) is 0 Å². The Labute approximate surface area is 504 Å². The number of rotatable bonds is 0. The van der Waals surface area contributed by atoms with E-state index in [0.717, 1.165) is 68.0 Å². The number of hydrogen-bond donors (Lipinski definition) is 0. The third-order valence-corrected chi connectivity index (χ3v) is 20.2. The molecule has 0 nitrogen and oxygen atoms in total. The Hall–Kier alpha value is 0. The van der Waals surface area contributed by atoms with Gasteiger partial charge in [0, 0.05) is 0 Å². The van der Waals surface area contributed by atoms with Crippen molar-refractivity contribution >= 4 is 0 Å². The third kappa shape index (κ3) is 37.9. The molecule has 0 aromatic rings. The molecule has 0 bridgehead atoms. The lowest BCUT2D eigenvalue weighted by atomic mass is 9.61. The molecule has 0 amide bonds. The molecule has 12 saturated carbocycles. The van der Waals surface area contributed by atoms with E-state index >= 15 is 0 Å². The van der Waals surface area contributed by atoms with Crippen LogP contribution in [0.5, 0.6) is 0 Å². The molecule has 0 unspecified atom stereocenters. The van der Waals surface area contributed by atoms with E-state index in [2.05, 4.69) is 125 Å². The first-order chi connectivity index (χ1) is 37.4. The molecule has 79 heavy (non-hydrogen) atoms. The molecule has 0 heteroatoms. The predicted molar refractivity (Wildman–Crippen MR) is 364 cm³/mol. The van der Waals surface area contributed by atoms with Gasteiger partial charge in [0.15, 0.2) is 0 Å². The summed E-state index contributed by atoms with van der Waals surface area (Å²) in [5, 5.41) is 0. The van der Waals surface area contributed by atoms with Crippen molar-refractivity contribution in [3.05, 3.63) is 0 Å². The van der Waals surface area contributed by atoms with Gasteiger partial charge in [-0.3, -0.25) is 0 Å². The number of hydrogen-bond acceptors (Lipinski definition) is 0. The zero-order valence-electron chi connectivity index (χ0n) is 59.1. The minimum absolute atomic E-state index is 0.833. The Kier molecular flexibility index (Phi) is 42.5. The summed E-state index contributed by atoms with van der Waals surface area (Å²) in [7, 11) is 0. The fourth-order valence-corrected chi connectivity index (χ4v) is 16.4. The maximum absolute atomic E-state index is 2.17. The summed E-state index contributed by atoms with van der Waals surface area (Å²) >= 11 is 0. The van der Waals surface area contributed by atoms with Gasteiger partial charge in [0.2, 0.25) is 0 Å². The molecular weight excluding hydrogens is 949 g/mol. The summed E-state index contributed by atoms with van der Waals surface area (Å²) in [6, 6.07) is 0. The van der Waals surface area contributed by atoms with Crippen molar-refractivity contribution < 1.29 is 0 Å². The van der Waals surface area contributed by atoms with Crippen molar-refractivity contribution in [2.75, 3.05) is 0 Å². The van der Waals surface area contributed by atoms with Gasteiger partial charge >= 0.3 is 0 Å². The molecule has 0 heterocycles. The molecule has 0 radical (unpaired) electrons. The predicted octanol–water partition coefficient (Wildman–Crippen LogP) is 29.1. The first-order valence-electron chi connectivity index (χ1n) is 37.4. The second-order valence-electron chi connectivity index (χ2n) is 34.2. The Bertz CT molecular complexity index is 1030. The van der Waals surface area contributed by atoms with E-state index in [-0.39, 0.29) is 0 Å². The van der Waals surface area contributed by atoms with Gasteiger partial charge in [0.25, 0.3) is 0 Å². The summed E-state index contributed by atoms with van der Waals surface area (Å²) in [6.07, 6.45) is 75.7. The molecule has 12 aliphatic carbocycles. The van der Waals surface area contributed by atoms with E-state index in [0.29, 0.717) is 0 Å². The van der Waals surface area contributed by atoms with Crippen LogP contribution in [0.15, 0.2) is 0 Å². The second-order valence-corrected chi connectivity index (χ2v) is 34.2. The monoisotopic (exact) mass is 1110 g/mol. The van der Waals surface area contributed by atoms with E-state index < -0.39 is 0 Å². The van der Waals surface area contributed by atoms with Crippen LogP contribution < -0.4 is 0 Å². The van der Waals surface area contributed by atoms with Gasteiger partial charge in [-0.05, 0) is 222 Å². The second kappa shape index (κ2) is 43.6. The molecule has 12 fully saturated rings. The van der Waals surface area contributed by atoms with Gasteiger partial charge in [-0.25, -0.2) is 0 Å². The van der Waals surface area contributed by atoms with Crippen LogP contribution in [-0.4, -0.2) is 0 Å². The standard InChI is InChI=1S/C10H18.5C9H16.6C4H10/c1-2-6-10(7-3-1)8-4-5-9-10;4*1-2-6-9(5-1)7-3-4-8-9;1-2-5-9(6-3-1)7-4-8-9;6*1-4(2)3/h1-9H2;5*1-8H2;6*4H,1-3H3. The highest BCUT2D eigenvalue weighted by molar-refractivity contribution is 4.92. The van der Waals surface area contributed by atoms with E-state index in [9.17, 15) is 0 Å². The van der Waals surface area contributed by atoms with Gasteiger partial charge in [-0.2, -0.15) is 0 Å². The Balaban J connectivity index is 0.000000440. The van der Waals surface area contributed by atoms with Crippen LogP contribution in [0.2, 0.25) is 0 Å². The average molecular weight is 1110 g/mol. The molecule has 474 valence electrons. The van der Waals surface area contributed by atoms with Crippen LogP contribution in [-0.2, 0) is 0 Å². The van der Waals surface area contributed by atoms with E-state index in [4.69, 9.17) is 0 Å². The summed E-state index contributed by atoms with van der Waals surface area (Å²) in [5.74, 6) is 5.00. The molecule has 12 rings (SSSR count). The summed E-state index contributed by atoms with van der Waals surface area (Å²) < 4.78 is 0. The Morgan fingerprint density at radius 1 is 0.114 bits per heavy atom. The molecule has 0 aliphatic heterocycles. The van der Waals surface area contributed by atoms with E-state index in [1.54, 1.807) is 154 Å². The molecule has 0 aromatic carbocycles. The van der Waals surface area contributed by atoms with Crippen LogP contribution >= 0.6 is 0 Å². The lowest BCUT2D eigenvalue weighted by Gasteiger charge is -2.45. The third-order valence-electron chi connectivity index (χ3n) is 20.2. The molecule has 6 spiro atoms. The molecule has 0 atom stereocenters. The summed E-state index contributed by atoms with van der Waals surface area (Å²) in [4.78, 5) is 0. The highest BCUT2D eigenvalue weighted by Crippen LogP contribution is 2.54. The van der Waals surface area contributed by atoms with Crippen LogP contribution in [0.4, 0.5) is 0 Å². The van der Waals surface area contributed by atoms with Crippen molar-refractivity contribution in [1.82, 2.24) is 0 Å². The van der Waals surface area contributed by atoms with Crippen LogP contribution in [0.3, 0.4) is 0 Å². The van der Waals surface area contributed by atoms with E-state index in [1.807, 2.05) is 0 Å². The SMILES string of the molecule is C1CCC2(C1)CCCC2.C1CCC2(C1)CCCC2.C1CCC2(C1)CCCC2.C1CCC2(C1)CCCC2.C1CCC2(CC1)CCC2.C1CCC2(CC1)CCCC2.CC(C)C.CC(C)C.CC(C)C.CC(C)C.CC(C)C.CC(C)C. The maximum Gasteiger partial charge on any atom is -0.0297 e. The maximum atomic E-state index is 2.17. The van der Waals surface area contributed by atoms with Crippen LogP contribution in [0, 0.1) is 68.0 Å². The summed E-state index contributed by atoms with van der Waals surface area (Å²) in [6.45, 7) is 39.0. The molecule has 0 aromatic heterocycles. The molecule has 12 aliphatic rings. The normalized spacial score (nSPS) is 24.9. The molecular formula is C79H158. The molecule has 0 saturated heterocycles. The first kappa shape index (κ1) is 77.0. The highest BCUT2D eigenvalue weighted by atomic mass is 14.5. The first-order valence-corrected chi connectivity index (χ1v) is 37.4. The smallest absolute Gasteiger partial charge is 0.0297 e. The van der Waals surface area contributed by atoms with Crippen LogP contribution in [0.1, 0.15) is 439 Å². The minimum atomic E-state index is 0.833. The highest BCUT2D eigenvalue weighted by Gasteiger charge is 2.40. The van der Waals surface area contributed by atoms with Gasteiger partial charge < -0.3 is 0 Å². The lowest BCUT2D eigenvalue weighted by molar-refractivity contribution is 0.0775. The molecule has 0 N–H and O–H groups in total. The van der Waals surface area contributed by atoms with Crippen molar-refractivity contribution in [3.8, 4) is 0 Å². The Morgan fingerprint density at radius 2 is 0.177 bits per heavy atom. The quantitative estimate of drug-likeness (QED) is 0.227. The fraction of sp³-hybridized carbons (Fsp3) is 1.00. The Morgan fingerprint density at radius 3 is 0.241 bits per heavy atom. The van der Waals surface area contributed by atoms with E-state index in [1.165, 1.54) is 161 Å². The van der Waals surface area contributed by atoms with Crippen molar-refractivity contribution in [3.63, 3.8) is 0 Å². The van der Waals surface area contributed by atoms with Crippen molar-refractivity contribution in [2.24, 2.45) is 68.0 Å². The minimum Gasteiger partial charge on any atom is -0.0630 e. The van der Waals surface area contributed by atoms with Gasteiger partial charge in [0.1, 0.15) is 0 Å².